The molecule has 0 amide bonds. The third-order valence-corrected chi connectivity index (χ3v) is 1.99. The molecule has 0 bridgehead atoms. The molecule has 0 aliphatic heterocycles. The molecule has 0 N–H and O–H groups in total. The topological polar surface area (TPSA) is 60.7 Å². The van der Waals surface area contributed by atoms with E-state index < -0.39 is 0 Å². The molecule has 5 nitrogen and oxygen atoms in total. The fraction of sp³-hybridized carbons (Fsp3) is 0.200. The molecule has 0 aromatic carbocycles. The monoisotopic (exact) mass is 202 g/mol. The van der Waals surface area contributed by atoms with E-state index in [1.165, 1.54) is 19.3 Å². The van der Waals surface area contributed by atoms with E-state index in [1.807, 2.05) is 13.1 Å². The van der Waals surface area contributed by atoms with Crippen molar-refractivity contribution >= 4 is 5.78 Å². The van der Waals surface area contributed by atoms with Crippen molar-refractivity contribution in [1.29, 1.82) is 0 Å². The Labute approximate surface area is 86.8 Å². The first-order chi connectivity index (χ1) is 7.16. The first-order valence-electron chi connectivity index (χ1n) is 4.51. The summed E-state index contributed by atoms with van der Waals surface area (Å²) >= 11 is 0. The van der Waals surface area contributed by atoms with E-state index in [9.17, 15) is 4.79 Å². The Balaban J connectivity index is 2.35. The third kappa shape index (κ3) is 1.90. The standard InChI is InChI=1S/C10H10N4O/c1-7-5-14(6-13-7)10-11-3-9(4-12-10)8(2)15/h3-6H,1-2H3. The molecule has 0 saturated heterocycles. The van der Waals surface area contributed by atoms with Gasteiger partial charge in [-0.3, -0.25) is 9.36 Å². The molecule has 0 unspecified atom stereocenters. The maximum Gasteiger partial charge on any atom is 0.234 e. The Bertz CT molecular complexity index is 486. The van der Waals surface area contributed by atoms with Crippen LogP contribution in [0.25, 0.3) is 5.95 Å². The first kappa shape index (κ1) is 9.51. The van der Waals surface area contributed by atoms with E-state index in [1.54, 1.807) is 10.9 Å². The second-order valence-corrected chi connectivity index (χ2v) is 3.25. The second-order valence-electron chi connectivity index (χ2n) is 3.25. The van der Waals surface area contributed by atoms with E-state index in [-0.39, 0.29) is 5.78 Å². The summed E-state index contributed by atoms with van der Waals surface area (Å²) in [6, 6.07) is 0. The van der Waals surface area contributed by atoms with Crippen LogP contribution in [0.4, 0.5) is 0 Å². The van der Waals surface area contributed by atoms with Crippen molar-refractivity contribution in [3.63, 3.8) is 0 Å². The van der Waals surface area contributed by atoms with Crippen molar-refractivity contribution in [1.82, 2.24) is 19.5 Å². The molecule has 0 aliphatic carbocycles. The minimum Gasteiger partial charge on any atom is -0.294 e. The zero-order valence-electron chi connectivity index (χ0n) is 8.51. The molecule has 2 heterocycles. The van der Waals surface area contributed by atoms with Crippen molar-refractivity contribution < 1.29 is 4.79 Å². The Hall–Kier alpha value is -2.04. The van der Waals surface area contributed by atoms with Gasteiger partial charge in [0.1, 0.15) is 6.33 Å². The SMILES string of the molecule is CC(=O)c1cnc(-n2cnc(C)c2)nc1. The van der Waals surface area contributed by atoms with E-state index in [4.69, 9.17) is 0 Å². The highest BCUT2D eigenvalue weighted by atomic mass is 16.1. The molecule has 0 atom stereocenters. The molecule has 15 heavy (non-hydrogen) atoms. The van der Waals surface area contributed by atoms with Gasteiger partial charge in [-0.05, 0) is 13.8 Å². The zero-order valence-corrected chi connectivity index (χ0v) is 8.51. The molecular weight excluding hydrogens is 192 g/mol. The van der Waals surface area contributed by atoms with Crippen LogP contribution in [-0.2, 0) is 0 Å². The van der Waals surface area contributed by atoms with Gasteiger partial charge in [0, 0.05) is 18.6 Å². The molecule has 2 rings (SSSR count). The van der Waals surface area contributed by atoms with Gasteiger partial charge in [-0.15, -0.1) is 0 Å². The van der Waals surface area contributed by atoms with Crippen molar-refractivity contribution in [2.24, 2.45) is 0 Å². The van der Waals surface area contributed by atoms with Crippen LogP contribution >= 0.6 is 0 Å². The molecule has 0 radical (unpaired) electrons. The second kappa shape index (κ2) is 3.61. The number of aromatic nitrogens is 4. The van der Waals surface area contributed by atoms with Crippen LogP contribution in [-0.4, -0.2) is 25.3 Å². The fourth-order valence-corrected chi connectivity index (χ4v) is 1.17. The average molecular weight is 202 g/mol. The number of rotatable bonds is 2. The zero-order chi connectivity index (χ0) is 10.8. The fourth-order valence-electron chi connectivity index (χ4n) is 1.17. The lowest BCUT2D eigenvalue weighted by molar-refractivity contribution is 0.101. The number of Topliss-reactive ketones (excluding diaryl/α,β-unsaturated/α-hetero) is 1. The van der Waals surface area contributed by atoms with Crippen molar-refractivity contribution in [2.75, 3.05) is 0 Å². The van der Waals surface area contributed by atoms with Gasteiger partial charge < -0.3 is 0 Å². The van der Waals surface area contributed by atoms with E-state index >= 15 is 0 Å². The highest BCUT2D eigenvalue weighted by molar-refractivity contribution is 5.93. The average Bonchev–Trinajstić information content (AvgIpc) is 2.65. The van der Waals surface area contributed by atoms with Crippen molar-refractivity contribution in [3.8, 4) is 5.95 Å². The van der Waals surface area contributed by atoms with Gasteiger partial charge in [0.05, 0.1) is 11.3 Å². The Morgan fingerprint density at radius 2 is 1.93 bits per heavy atom. The molecular formula is C10H10N4O. The maximum absolute atomic E-state index is 11.0. The van der Waals surface area contributed by atoms with Crippen LogP contribution in [0.1, 0.15) is 23.0 Å². The lowest BCUT2D eigenvalue weighted by Gasteiger charge is -1.99. The van der Waals surface area contributed by atoms with Crippen LogP contribution in [0.2, 0.25) is 0 Å². The predicted octanol–water partition coefficient (Wildman–Crippen LogP) is 1.17. The largest absolute Gasteiger partial charge is 0.294 e. The number of hydrogen-bond donors (Lipinski definition) is 0. The predicted molar refractivity (Wildman–Crippen MR) is 53.9 cm³/mol. The summed E-state index contributed by atoms with van der Waals surface area (Å²) in [4.78, 5) is 23.2. The number of carbonyl (C=O) groups excluding carboxylic acids is 1. The number of hydrogen-bond acceptors (Lipinski definition) is 4. The Kier molecular flexibility index (Phi) is 2.29. The minimum absolute atomic E-state index is 0.0386. The lowest BCUT2D eigenvalue weighted by atomic mass is 10.2. The molecule has 76 valence electrons. The van der Waals surface area contributed by atoms with Crippen LogP contribution in [0, 0.1) is 6.92 Å². The smallest absolute Gasteiger partial charge is 0.234 e. The summed E-state index contributed by atoms with van der Waals surface area (Å²) in [6.07, 6.45) is 6.49. The van der Waals surface area contributed by atoms with Crippen molar-refractivity contribution in [3.05, 3.63) is 36.2 Å². The minimum atomic E-state index is -0.0386. The highest BCUT2D eigenvalue weighted by Gasteiger charge is 2.03. The highest BCUT2D eigenvalue weighted by Crippen LogP contribution is 2.03. The maximum atomic E-state index is 11.0. The van der Waals surface area contributed by atoms with Crippen LogP contribution in [0.15, 0.2) is 24.9 Å². The molecule has 0 aliphatic rings. The lowest BCUT2D eigenvalue weighted by Crippen LogP contribution is -2.01. The van der Waals surface area contributed by atoms with Crippen molar-refractivity contribution in [2.45, 2.75) is 13.8 Å². The number of carbonyl (C=O) groups is 1. The van der Waals surface area contributed by atoms with Gasteiger partial charge in [0.25, 0.3) is 0 Å². The Morgan fingerprint density at radius 1 is 1.27 bits per heavy atom. The number of imidazole rings is 1. The molecule has 0 spiro atoms. The van der Waals surface area contributed by atoms with Gasteiger partial charge in [-0.2, -0.15) is 0 Å². The molecule has 0 saturated carbocycles. The first-order valence-corrected chi connectivity index (χ1v) is 4.51. The van der Waals surface area contributed by atoms with Gasteiger partial charge in [0.2, 0.25) is 5.95 Å². The molecule has 5 heteroatoms. The third-order valence-electron chi connectivity index (χ3n) is 1.99. The van der Waals surface area contributed by atoms with Gasteiger partial charge in [0.15, 0.2) is 5.78 Å². The van der Waals surface area contributed by atoms with Gasteiger partial charge in [-0.25, -0.2) is 15.0 Å². The summed E-state index contributed by atoms with van der Waals surface area (Å²) < 4.78 is 1.71. The molecule has 2 aromatic heterocycles. The van der Waals surface area contributed by atoms with Crippen LogP contribution in [0.3, 0.4) is 0 Å². The number of nitrogens with zero attached hydrogens (tertiary/aromatic N) is 4. The summed E-state index contributed by atoms with van der Waals surface area (Å²) in [7, 11) is 0. The van der Waals surface area contributed by atoms with Gasteiger partial charge in [-0.1, -0.05) is 0 Å². The quantitative estimate of drug-likeness (QED) is 0.686. The summed E-state index contributed by atoms with van der Waals surface area (Å²) in [5.74, 6) is 0.476. The van der Waals surface area contributed by atoms with E-state index in [0.29, 0.717) is 11.5 Å². The molecule has 0 fully saturated rings. The van der Waals surface area contributed by atoms with Crippen LogP contribution in [0.5, 0.6) is 0 Å². The molecule has 2 aromatic rings. The summed E-state index contributed by atoms with van der Waals surface area (Å²) in [5, 5.41) is 0. The van der Waals surface area contributed by atoms with Gasteiger partial charge >= 0.3 is 0 Å². The number of ketones is 1. The summed E-state index contributed by atoms with van der Waals surface area (Å²) in [6.45, 7) is 3.38. The van der Waals surface area contributed by atoms with E-state index in [2.05, 4.69) is 15.0 Å². The van der Waals surface area contributed by atoms with Crippen LogP contribution < -0.4 is 0 Å². The Morgan fingerprint density at radius 3 is 2.40 bits per heavy atom. The normalized spacial score (nSPS) is 10.3. The summed E-state index contributed by atoms with van der Waals surface area (Å²) in [5.41, 5.74) is 1.41. The van der Waals surface area contributed by atoms with E-state index in [0.717, 1.165) is 5.69 Å². The number of aryl methyl sites for hydroxylation is 1.